The Balaban J connectivity index is 2.59. The van der Waals surface area contributed by atoms with Gasteiger partial charge in [-0.15, -0.1) is 0 Å². The van der Waals surface area contributed by atoms with Crippen molar-refractivity contribution in [2.75, 3.05) is 0 Å². The monoisotopic (exact) mass is 196 g/mol. The molecule has 1 heterocycles. The lowest BCUT2D eigenvalue weighted by molar-refractivity contribution is 0.875. The smallest absolute Gasteiger partial charge is 0.138 e. The van der Waals surface area contributed by atoms with E-state index in [1.54, 1.807) is 23.2 Å². The first kappa shape index (κ1) is 9.16. The van der Waals surface area contributed by atoms with Gasteiger partial charge in [0, 0.05) is 0 Å². The highest BCUT2D eigenvalue weighted by molar-refractivity contribution is 5.57. The molecule has 0 saturated carbocycles. The first-order valence-corrected chi connectivity index (χ1v) is 4.36. The van der Waals surface area contributed by atoms with Crippen molar-refractivity contribution < 1.29 is 0 Å². The summed E-state index contributed by atoms with van der Waals surface area (Å²) >= 11 is 0. The molecule has 0 atom stereocenters. The Kier molecular flexibility index (Phi) is 2.30. The minimum Gasteiger partial charge on any atom is -0.223 e. The second-order valence-corrected chi connectivity index (χ2v) is 2.93. The summed E-state index contributed by atoms with van der Waals surface area (Å²) in [4.78, 5) is 3.84. The highest BCUT2D eigenvalue weighted by Gasteiger charge is 2.04. The van der Waals surface area contributed by atoms with E-state index in [4.69, 9.17) is 5.26 Å². The predicted octanol–water partition coefficient (Wildman–Crippen LogP) is 1.78. The zero-order valence-electron chi connectivity index (χ0n) is 7.96. The molecule has 0 N–H and O–H groups in total. The predicted molar refractivity (Wildman–Crippen MR) is 56.2 cm³/mol. The Morgan fingerprint density at radius 1 is 1.47 bits per heavy atom. The minimum atomic E-state index is 0.554. The Labute approximate surface area is 87.1 Å². The van der Waals surface area contributed by atoms with Gasteiger partial charge in [0.2, 0.25) is 0 Å². The van der Waals surface area contributed by atoms with Crippen LogP contribution in [0.15, 0.2) is 37.4 Å². The lowest BCUT2D eigenvalue weighted by Gasteiger charge is -2.03. The fourth-order valence-corrected chi connectivity index (χ4v) is 1.30. The van der Waals surface area contributed by atoms with E-state index in [9.17, 15) is 0 Å². The SMILES string of the molecule is C=Cc1ccc(-n2cncn2)c(C#N)c1. The highest BCUT2D eigenvalue weighted by atomic mass is 15.3. The van der Waals surface area contributed by atoms with Gasteiger partial charge < -0.3 is 0 Å². The molecule has 0 amide bonds. The topological polar surface area (TPSA) is 54.5 Å². The van der Waals surface area contributed by atoms with Gasteiger partial charge in [-0.25, -0.2) is 9.67 Å². The normalized spacial score (nSPS) is 9.53. The maximum Gasteiger partial charge on any atom is 0.138 e. The maximum absolute atomic E-state index is 8.99. The molecule has 0 spiro atoms. The van der Waals surface area contributed by atoms with Crippen molar-refractivity contribution in [3.63, 3.8) is 0 Å². The molecule has 0 aliphatic rings. The summed E-state index contributed by atoms with van der Waals surface area (Å²) in [5, 5.41) is 13.0. The molecule has 4 heteroatoms. The van der Waals surface area contributed by atoms with E-state index in [1.807, 2.05) is 12.1 Å². The molecule has 2 rings (SSSR count). The molecule has 0 unspecified atom stereocenters. The van der Waals surface area contributed by atoms with Crippen molar-refractivity contribution in [3.8, 4) is 11.8 Å². The zero-order chi connectivity index (χ0) is 10.7. The fourth-order valence-electron chi connectivity index (χ4n) is 1.30. The van der Waals surface area contributed by atoms with Crippen LogP contribution in [0.2, 0.25) is 0 Å². The van der Waals surface area contributed by atoms with Gasteiger partial charge in [-0.1, -0.05) is 18.7 Å². The van der Waals surface area contributed by atoms with Gasteiger partial charge in [0.25, 0.3) is 0 Å². The van der Waals surface area contributed by atoms with Crippen molar-refractivity contribution in [2.24, 2.45) is 0 Å². The number of benzene rings is 1. The van der Waals surface area contributed by atoms with Gasteiger partial charge >= 0.3 is 0 Å². The van der Waals surface area contributed by atoms with E-state index in [2.05, 4.69) is 22.7 Å². The Morgan fingerprint density at radius 3 is 2.93 bits per heavy atom. The second kappa shape index (κ2) is 3.76. The molecule has 0 saturated heterocycles. The van der Waals surface area contributed by atoms with Crippen LogP contribution < -0.4 is 0 Å². The van der Waals surface area contributed by atoms with Gasteiger partial charge in [-0.2, -0.15) is 10.4 Å². The van der Waals surface area contributed by atoms with Crippen molar-refractivity contribution in [2.45, 2.75) is 0 Å². The molecular weight excluding hydrogens is 188 g/mol. The summed E-state index contributed by atoms with van der Waals surface area (Å²) in [5.41, 5.74) is 2.19. The first-order chi connectivity index (χ1) is 7.35. The summed E-state index contributed by atoms with van der Waals surface area (Å²) in [7, 11) is 0. The van der Waals surface area contributed by atoms with Crippen LogP contribution in [-0.4, -0.2) is 14.8 Å². The van der Waals surface area contributed by atoms with Gasteiger partial charge in [-0.3, -0.25) is 0 Å². The summed E-state index contributed by atoms with van der Waals surface area (Å²) in [6.07, 6.45) is 4.69. The summed E-state index contributed by atoms with van der Waals surface area (Å²) in [6, 6.07) is 7.59. The lowest BCUT2D eigenvalue weighted by atomic mass is 10.1. The third-order valence-electron chi connectivity index (χ3n) is 2.04. The van der Waals surface area contributed by atoms with Crippen LogP contribution in [0.5, 0.6) is 0 Å². The molecule has 72 valence electrons. The summed E-state index contributed by atoms with van der Waals surface area (Å²) in [5.74, 6) is 0. The molecule has 0 aliphatic heterocycles. The largest absolute Gasteiger partial charge is 0.223 e. The Hall–Kier alpha value is -2.41. The third-order valence-corrected chi connectivity index (χ3v) is 2.04. The van der Waals surface area contributed by atoms with Crippen LogP contribution in [0.4, 0.5) is 0 Å². The summed E-state index contributed by atoms with van der Waals surface area (Å²) in [6.45, 7) is 3.65. The van der Waals surface area contributed by atoms with E-state index in [-0.39, 0.29) is 0 Å². The molecule has 1 aromatic carbocycles. The minimum absolute atomic E-state index is 0.554. The molecule has 0 fully saturated rings. The molecule has 0 aliphatic carbocycles. The Morgan fingerprint density at radius 2 is 2.33 bits per heavy atom. The van der Waals surface area contributed by atoms with Crippen LogP contribution >= 0.6 is 0 Å². The third kappa shape index (κ3) is 1.63. The number of aromatic nitrogens is 3. The van der Waals surface area contributed by atoms with Gasteiger partial charge in [0.1, 0.15) is 18.7 Å². The molecule has 15 heavy (non-hydrogen) atoms. The number of nitriles is 1. The standard InChI is InChI=1S/C11H8N4/c1-2-9-3-4-11(10(5-9)6-12)15-8-13-7-14-15/h2-5,7-8H,1H2. The molecule has 0 bridgehead atoms. The molecular formula is C11H8N4. The molecule has 4 nitrogen and oxygen atoms in total. The average molecular weight is 196 g/mol. The molecule has 1 aromatic heterocycles. The van der Waals surface area contributed by atoms with Crippen LogP contribution in [-0.2, 0) is 0 Å². The van der Waals surface area contributed by atoms with Crippen molar-refractivity contribution in [1.29, 1.82) is 5.26 Å². The van der Waals surface area contributed by atoms with Crippen molar-refractivity contribution in [3.05, 3.63) is 48.6 Å². The highest BCUT2D eigenvalue weighted by Crippen LogP contribution is 2.15. The second-order valence-electron chi connectivity index (χ2n) is 2.93. The van der Waals surface area contributed by atoms with Gasteiger partial charge in [0.15, 0.2) is 0 Å². The van der Waals surface area contributed by atoms with Crippen LogP contribution in [0.1, 0.15) is 11.1 Å². The van der Waals surface area contributed by atoms with E-state index < -0.39 is 0 Å². The van der Waals surface area contributed by atoms with Crippen molar-refractivity contribution in [1.82, 2.24) is 14.8 Å². The van der Waals surface area contributed by atoms with E-state index in [0.29, 0.717) is 5.56 Å². The first-order valence-electron chi connectivity index (χ1n) is 4.36. The van der Waals surface area contributed by atoms with Gasteiger partial charge in [0.05, 0.1) is 11.3 Å². The number of rotatable bonds is 2. The summed E-state index contributed by atoms with van der Waals surface area (Å²) < 4.78 is 1.56. The Bertz CT molecular complexity index is 520. The van der Waals surface area contributed by atoms with Crippen molar-refractivity contribution >= 4 is 6.08 Å². The van der Waals surface area contributed by atoms with Crippen LogP contribution in [0.3, 0.4) is 0 Å². The maximum atomic E-state index is 8.99. The van der Waals surface area contributed by atoms with E-state index in [0.717, 1.165) is 11.3 Å². The van der Waals surface area contributed by atoms with Crippen LogP contribution in [0.25, 0.3) is 11.8 Å². The van der Waals surface area contributed by atoms with E-state index in [1.165, 1.54) is 6.33 Å². The zero-order valence-corrected chi connectivity index (χ0v) is 7.96. The van der Waals surface area contributed by atoms with Gasteiger partial charge in [-0.05, 0) is 17.7 Å². The van der Waals surface area contributed by atoms with E-state index >= 15 is 0 Å². The number of nitrogens with zero attached hydrogens (tertiary/aromatic N) is 4. The van der Waals surface area contributed by atoms with Crippen LogP contribution in [0, 0.1) is 11.3 Å². The average Bonchev–Trinajstić information content (AvgIpc) is 2.81. The fraction of sp³-hybridized carbons (Fsp3) is 0. The molecule has 2 aromatic rings. The molecule has 0 radical (unpaired) electrons. The lowest BCUT2D eigenvalue weighted by Crippen LogP contribution is -1.98. The quantitative estimate of drug-likeness (QED) is 0.735. The number of hydrogen-bond acceptors (Lipinski definition) is 3. The number of hydrogen-bond donors (Lipinski definition) is 0.